The molecule has 2 bridgehead atoms. The van der Waals surface area contributed by atoms with Crippen molar-refractivity contribution in [2.24, 2.45) is 11.8 Å². The van der Waals surface area contributed by atoms with Crippen LogP contribution in [0.15, 0.2) is 24.3 Å². The van der Waals surface area contributed by atoms with Crippen molar-refractivity contribution in [1.82, 2.24) is 0 Å². The lowest BCUT2D eigenvalue weighted by molar-refractivity contribution is -0.109. The first-order valence-corrected chi connectivity index (χ1v) is 5.96. The van der Waals surface area contributed by atoms with Crippen molar-refractivity contribution in [1.29, 1.82) is 0 Å². The molecule has 88 valence electrons. The number of hydrogen-bond donors (Lipinski definition) is 0. The van der Waals surface area contributed by atoms with Gasteiger partial charge in [-0.05, 0) is 11.5 Å². The fourth-order valence-corrected chi connectivity index (χ4v) is 3.07. The van der Waals surface area contributed by atoms with Gasteiger partial charge in [-0.3, -0.25) is 4.79 Å². The lowest BCUT2D eigenvalue weighted by Crippen LogP contribution is -2.30. The number of fused-ring (bicyclic) bond motifs is 4. The first-order chi connectivity index (χ1) is 8.24. The Morgan fingerprint density at radius 3 is 2.82 bits per heavy atom. The predicted octanol–water partition coefficient (Wildman–Crippen LogP) is 2.16. The van der Waals surface area contributed by atoms with Gasteiger partial charge in [0.1, 0.15) is 12.4 Å². The summed E-state index contributed by atoms with van der Waals surface area (Å²) in [7, 11) is 0. The minimum atomic E-state index is -0.421. The number of Topliss-reactive ketones (excluding diaryl/α,β-unsaturated/α-hetero) is 1. The van der Waals surface area contributed by atoms with E-state index in [1.54, 1.807) is 0 Å². The van der Waals surface area contributed by atoms with Crippen LogP contribution in [0.4, 0.5) is 0 Å². The number of hydrogen-bond acceptors (Lipinski definition) is 3. The zero-order chi connectivity index (χ0) is 12.0. The van der Waals surface area contributed by atoms with Crippen LogP contribution in [-0.4, -0.2) is 18.2 Å². The molecule has 1 aromatic carbocycles. The van der Waals surface area contributed by atoms with Gasteiger partial charge < -0.3 is 9.53 Å². The van der Waals surface area contributed by atoms with Gasteiger partial charge in [-0.25, -0.2) is 0 Å². The number of carbonyl (C=O) groups excluding carboxylic acids is 2. The zero-order valence-electron chi connectivity index (χ0n) is 9.63. The molecule has 1 saturated heterocycles. The SMILES string of the molecule is C[C@@H]1[C@@H](CC=O)[C@@H]2O[C@H]1c1ccccc1C2=O. The molecule has 1 fully saturated rings. The number of carbonyl (C=O) groups is 2. The van der Waals surface area contributed by atoms with Gasteiger partial charge in [0, 0.05) is 17.9 Å². The molecule has 0 spiro atoms. The average molecular weight is 230 g/mol. The molecule has 2 aliphatic heterocycles. The zero-order valence-corrected chi connectivity index (χ0v) is 9.63. The maximum atomic E-state index is 12.3. The van der Waals surface area contributed by atoms with E-state index in [4.69, 9.17) is 4.74 Å². The summed E-state index contributed by atoms with van der Waals surface area (Å²) in [6, 6.07) is 7.61. The number of aldehydes is 1. The van der Waals surface area contributed by atoms with Gasteiger partial charge in [0.25, 0.3) is 0 Å². The highest BCUT2D eigenvalue weighted by molar-refractivity contribution is 6.02. The van der Waals surface area contributed by atoms with E-state index in [-0.39, 0.29) is 23.7 Å². The highest BCUT2D eigenvalue weighted by Crippen LogP contribution is 2.48. The normalized spacial score (nSPS) is 34.5. The van der Waals surface area contributed by atoms with Crippen molar-refractivity contribution in [3.8, 4) is 0 Å². The van der Waals surface area contributed by atoms with Crippen LogP contribution < -0.4 is 0 Å². The fraction of sp³-hybridized carbons (Fsp3) is 0.429. The molecule has 0 aromatic heterocycles. The molecular formula is C14H14O3. The van der Waals surface area contributed by atoms with Crippen molar-refractivity contribution in [3.05, 3.63) is 35.4 Å². The third kappa shape index (κ3) is 1.39. The van der Waals surface area contributed by atoms with Crippen molar-refractivity contribution < 1.29 is 14.3 Å². The van der Waals surface area contributed by atoms with Gasteiger partial charge >= 0.3 is 0 Å². The second kappa shape index (κ2) is 3.77. The van der Waals surface area contributed by atoms with E-state index in [9.17, 15) is 9.59 Å². The lowest BCUT2D eigenvalue weighted by atomic mass is 9.86. The highest BCUT2D eigenvalue weighted by Gasteiger charge is 2.50. The topological polar surface area (TPSA) is 43.4 Å². The Labute approximate surface area is 99.8 Å². The van der Waals surface area contributed by atoms with Crippen LogP contribution in [0.3, 0.4) is 0 Å². The molecule has 0 unspecified atom stereocenters. The number of rotatable bonds is 2. The first kappa shape index (κ1) is 10.7. The van der Waals surface area contributed by atoms with E-state index in [0.29, 0.717) is 6.42 Å². The summed E-state index contributed by atoms with van der Waals surface area (Å²) < 4.78 is 5.80. The Kier molecular flexibility index (Phi) is 2.37. The fourth-order valence-electron chi connectivity index (χ4n) is 3.07. The molecule has 0 saturated carbocycles. The number of ether oxygens (including phenoxy) is 1. The van der Waals surface area contributed by atoms with Crippen molar-refractivity contribution in [3.63, 3.8) is 0 Å². The molecule has 0 radical (unpaired) electrons. The van der Waals surface area contributed by atoms with Gasteiger partial charge in [0.2, 0.25) is 0 Å². The molecule has 2 aliphatic rings. The Balaban J connectivity index is 2.08. The minimum Gasteiger partial charge on any atom is -0.361 e. The minimum absolute atomic E-state index is 0.0254. The average Bonchev–Trinajstić information content (AvgIpc) is 2.64. The second-order valence-corrected chi connectivity index (χ2v) is 4.85. The van der Waals surface area contributed by atoms with E-state index in [1.807, 2.05) is 24.3 Å². The summed E-state index contributed by atoms with van der Waals surface area (Å²) in [6.07, 6.45) is 0.847. The molecular weight excluding hydrogens is 216 g/mol. The first-order valence-electron chi connectivity index (χ1n) is 5.96. The molecule has 0 aliphatic carbocycles. The predicted molar refractivity (Wildman–Crippen MR) is 61.7 cm³/mol. The summed E-state index contributed by atoms with van der Waals surface area (Å²) in [4.78, 5) is 23.0. The summed E-state index contributed by atoms with van der Waals surface area (Å²) in [5.41, 5.74) is 1.75. The van der Waals surface area contributed by atoms with Crippen LogP contribution in [-0.2, 0) is 9.53 Å². The lowest BCUT2D eigenvalue weighted by Gasteiger charge is -2.23. The third-order valence-corrected chi connectivity index (χ3v) is 3.99. The summed E-state index contributed by atoms with van der Waals surface area (Å²) in [5, 5.41) is 0. The molecule has 4 atom stereocenters. The van der Waals surface area contributed by atoms with E-state index in [1.165, 1.54) is 0 Å². The summed E-state index contributed by atoms with van der Waals surface area (Å²) >= 11 is 0. The summed E-state index contributed by atoms with van der Waals surface area (Å²) in [5.74, 6) is 0.281. The van der Waals surface area contributed by atoms with Crippen molar-refractivity contribution in [2.45, 2.75) is 25.6 Å². The molecule has 0 N–H and O–H groups in total. The second-order valence-electron chi connectivity index (χ2n) is 4.85. The Morgan fingerprint density at radius 1 is 1.29 bits per heavy atom. The quantitative estimate of drug-likeness (QED) is 0.731. The monoisotopic (exact) mass is 230 g/mol. The van der Waals surface area contributed by atoms with E-state index in [2.05, 4.69) is 6.92 Å². The Morgan fingerprint density at radius 2 is 2.06 bits per heavy atom. The van der Waals surface area contributed by atoms with Crippen LogP contribution in [0.2, 0.25) is 0 Å². The van der Waals surface area contributed by atoms with Gasteiger partial charge in [-0.15, -0.1) is 0 Å². The molecule has 17 heavy (non-hydrogen) atoms. The standard InChI is InChI=1S/C14H14O3/c1-8-9(6-7-15)14-12(16)10-4-2-3-5-11(10)13(8)17-14/h2-5,7-9,13-14H,6H2,1H3/t8-,9-,13-,14+/m1/s1. The van der Waals surface area contributed by atoms with Gasteiger partial charge in [0.15, 0.2) is 5.78 Å². The van der Waals surface area contributed by atoms with Gasteiger partial charge in [0.05, 0.1) is 6.10 Å². The number of ketones is 1. The molecule has 2 heterocycles. The van der Waals surface area contributed by atoms with Crippen LogP contribution in [0.1, 0.15) is 35.4 Å². The maximum Gasteiger partial charge on any atom is 0.192 e. The van der Waals surface area contributed by atoms with Gasteiger partial charge in [-0.2, -0.15) is 0 Å². The largest absolute Gasteiger partial charge is 0.361 e. The Bertz CT molecular complexity index is 480. The van der Waals surface area contributed by atoms with Crippen molar-refractivity contribution >= 4 is 12.1 Å². The van der Waals surface area contributed by atoms with Gasteiger partial charge in [-0.1, -0.05) is 31.2 Å². The van der Waals surface area contributed by atoms with Crippen molar-refractivity contribution in [2.75, 3.05) is 0 Å². The van der Waals surface area contributed by atoms with Crippen LogP contribution in [0.25, 0.3) is 0 Å². The van der Waals surface area contributed by atoms with E-state index < -0.39 is 6.10 Å². The molecule has 3 heteroatoms. The van der Waals surface area contributed by atoms with Crippen LogP contribution >= 0.6 is 0 Å². The third-order valence-electron chi connectivity index (χ3n) is 3.99. The van der Waals surface area contributed by atoms with E-state index in [0.717, 1.165) is 17.4 Å². The molecule has 3 rings (SSSR count). The molecule has 1 aromatic rings. The van der Waals surface area contributed by atoms with Crippen LogP contribution in [0, 0.1) is 11.8 Å². The Hall–Kier alpha value is -1.48. The maximum absolute atomic E-state index is 12.3. The summed E-state index contributed by atoms with van der Waals surface area (Å²) in [6.45, 7) is 2.06. The highest BCUT2D eigenvalue weighted by atomic mass is 16.5. The molecule has 0 amide bonds. The van der Waals surface area contributed by atoms with E-state index >= 15 is 0 Å². The van der Waals surface area contributed by atoms with Crippen LogP contribution in [0.5, 0.6) is 0 Å². The smallest absolute Gasteiger partial charge is 0.192 e. The number of benzene rings is 1. The molecule has 3 nitrogen and oxygen atoms in total.